The Hall–Kier alpha value is -1.14. The number of aromatic hydroxyl groups is 1. The fourth-order valence-corrected chi connectivity index (χ4v) is 3.13. The predicted octanol–water partition coefficient (Wildman–Crippen LogP) is 4.30. The molecule has 0 radical (unpaired) electrons. The van der Waals surface area contributed by atoms with Gasteiger partial charge in [-0.2, -0.15) is 0 Å². The predicted molar refractivity (Wildman–Crippen MR) is 84.8 cm³/mol. The summed E-state index contributed by atoms with van der Waals surface area (Å²) in [6, 6.07) is 0. The van der Waals surface area contributed by atoms with Crippen LogP contribution in [0.4, 0.5) is 0 Å². The van der Waals surface area contributed by atoms with Crippen LogP contribution in [0, 0.1) is 9.87 Å². The molecule has 1 aromatic heterocycles. The van der Waals surface area contributed by atoms with E-state index < -0.39 is 5.97 Å². The Morgan fingerprint density at radius 3 is 2.75 bits per heavy atom. The van der Waals surface area contributed by atoms with Crippen molar-refractivity contribution >= 4 is 35.6 Å². The van der Waals surface area contributed by atoms with Crippen LogP contribution in [0.25, 0.3) is 6.08 Å². The van der Waals surface area contributed by atoms with E-state index >= 15 is 0 Å². The van der Waals surface area contributed by atoms with Crippen LogP contribution >= 0.6 is 23.6 Å². The number of hydrogen-bond acceptors (Lipinski definition) is 4. The van der Waals surface area contributed by atoms with E-state index in [2.05, 4.69) is 13.8 Å². The maximum Gasteiger partial charge on any atom is 0.303 e. The number of thiazole rings is 1. The lowest BCUT2D eigenvalue weighted by Gasteiger charge is -2.08. The van der Waals surface area contributed by atoms with Crippen LogP contribution in [0.15, 0.2) is 5.57 Å². The van der Waals surface area contributed by atoms with E-state index in [0.29, 0.717) is 22.8 Å². The highest BCUT2D eigenvalue weighted by Gasteiger charge is 2.11. The molecule has 0 saturated heterocycles. The molecule has 1 aromatic rings. The minimum absolute atomic E-state index is 0.0775. The largest absolute Gasteiger partial charge is 0.493 e. The maximum absolute atomic E-state index is 10.5. The van der Waals surface area contributed by atoms with Crippen LogP contribution in [0.5, 0.6) is 5.88 Å². The molecule has 0 aliphatic rings. The van der Waals surface area contributed by atoms with Gasteiger partial charge in [-0.15, -0.1) is 11.3 Å². The summed E-state index contributed by atoms with van der Waals surface area (Å²) >= 11 is 6.59. The summed E-state index contributed by atoms with van der Waals surface area (Å²) in [5, 5.41) is 18.8. The van der Waals surface area contributed by atoms with Crippen LogP contribution in [-0.2, 0) is 11.3 Å². The molecule has 1 heterocycles. The topological polar surface area (TPSA) is 62.5 Å². The molecule has 0 bridgehead atoms. The number of rotatable bonds is 7. The fourth-order valence-electron chi connectivity index (χ4n) is 1.76. The quantitative estimate of drug-likeness (QED) is 0.736. The van der Waals surface area contributed by atoms with Gasteiger partial charge in [0.25, 0.3) is 0 Å². The van der Waals surface area contributed by atoms with Crippen molar-refractivity contribution in [2.24, 2.45) is 5.92 Å². The Labute approximate surface area is 128 Å². The van der Waals surface area contributed by atoms with Crippen molar-refractivity contribution in [1.82, 2.24) is 4.57 Å². The van der Waals surface area contributed by atoms with Gasteiger partial charge in [0.2, 0.25) is 5.88 Å². The smallest absolute Gasteiger partial charge is 0.303 e. The average molecular weight is 315 g/mol. The van der Waals surface area contributed by atoms with E-state index in [1.165, 1.54) is 16.9 Å². The zero-order valence-corrected chi connectivity index (χ0v) is 13.7. The minimum atomic E-state index is -0.834. The van der Waals surface area contributed by atoms with Gasteiger partial charge in [-0.25, -0.2) is 0 Å². The van der Waals surface area contributed by atoms with Crippen LogP contribution < -0.4 is 0 Å². The molecule has 0 aromatic carbocycles. The second-order valence-electron chi connectivity index (χ2n) is 4.90. The van der Waals surface area contributed by atoms with Gasteiger partial charge in [0, 0.05) is 13.0 Å². The third-order valence-corrected chi connectivity index (χ3v) is 4.80. The summed E-state index contributed by atoms with van der Waals surface area (Å²) in [6.07, 6.45) is 3.56. The van der Waals surface area contributed by atoms with Crippen molar-refractivity contribution in [3.8, 4) is 5.88 Å². The van der Waals surface area contributed by atoms with Crippen LogP contribution in [0.1, 0.15) is 44.9 Å². The van der Waals surface area contributed by atoms with Crippen LogP contribution in [0.2, 0.25) is 0 Å². The molecular formula is C14H21NO3S2. The standard InChI is InChI=1S/C14H21NO3S2/c1-4-9(2)10(3)8-11-13(18)15(14(19)20-11)7-5-6-12(16)17/h8-9,18H,4-7H2,1-3H3,(H,16,17). The summed E-state index contributed by atoms with van der Waals surface area (Å²) < 4.78 is 2.19. The second-order valence-corrected chi connectivity index (χ2v) is 6.58. The van der Waals surface area contributed by atoms with Gasteiger partial charge in [0.1, 0.15) is 0 Å². The first-order valence-electron chi connectivity index (χ1n) is 6.69. The van der Waals surface area contributed by atoms with E-state index in [1.807, 2.05) is 13.0 Å². The van der Waals surface area contributed by atoms with Gasteiger partial charge in [-0.3, -0.25) is 9.36 Å². The van der Waals surface area contributed by atoms with Crippen molar-refractivity contribution in [1.29, 1.82) is 0 Å². The van der Waals surface area contributed by atoms with E-state index in [0.717, 1.165) is 11.3 Å². The van der Waals surface area contributed by atoms with Gasteiger partial charge >= 0.3 is 5.97 Å². The lowest BCUT2D eigenvalue weighted by atomic mass is 10.00. The number of allylic oxidation sites excluding steroid dienone is 1. The molecule has 0 aliphatic heterocycles. The molecule has 0 amide bonds. The Balaban J connectivity index is 2.91. The third kappa shape index (κ3) is 4.45. The van der Waals surface area contributed by atoms with Crippen molar-refractivity contribution in [3.63, 3.8) is 0 Å². The summed E-state index contributed by atoms with van der Waals surface area (Å²) in [6.45, 7) is 6.75. The zero-order chi connectivity index (χ0) is 15.3. The number of aliphatic carboxylic acids is 1. The minimum Gasteiger partial charge on any atom is -0.493 e. The number of hydrogen-bond donors (Lipinski definition) is 2. The molecule has 2 N–H and O–H groups in total. The molecule has 1 atom stereocenters. The number of carboxylic acid groups (broad SMARTS) is 1. The lowest BCUT2D eigenvalue weighted by Crippen LogP contribution is -2.01. The molecule has 1 rings (SSSR count). The molecule has 0 aliphatic carbocycles. The first kappa shape index (κ1) is 16.9. The molecular weight excluding hydrogens is 294 g/mol. The molecule has 112 valence electrons. The zero-order valence-electron chi connectivity index (χ0n) is 12.0. The molecule has 6 heteroatoms. The molecule has 1 unspecified atom stereocenters. The summed E-state index contributed by atoms with van der Waals surface area (Å²) in [4.78, 5) is 11.3. The Morgan fingerprint density at radius 1 is 1.55 bits per heavy atom. The fraction of sp³-hybridized carbons (Fsp3) is 0.571. The van der Waals surface area contributed by atoms with Gasteiger partial charge in [0.15, 0.2) is 3.95 Å². The summed E-state index contributed by atoms with van der Waals surface area (Å²) in [5.74, 6) is -0.224. The Bertz CT molecular complexity index is 557. The monoisotopic (exact) mass is 315 g/mol. The van der Waals surface area contributed by atoms with Crippen LogP contribution in [0.3, 0.4) is 0 Å². The third-order valence-electron chi connectivity index (χ3n) is 3.41. The van der Waals surface area contributed by atoms with Crippen molar-refractivity contribution < 1.29 is 15.0 Å². The first-order chi connectivity index (χ1) is 9.36. The van der Waals surface area contributed by atoms with E-state index in [9.17, 15) is 9.90 Å². The summed E-state index contributed by atoms with van der Waals surface area (Å²) in [7, 11) is 0. The van der Waals surface area contributed by atoms with Gasteiger partial charge in [0.05, 0.1) is 4.88 Å². The van der Waals surface area contributed by atoms with Crippen LogP contribution in [-0.4, -0.2) is 20.7 Å². The Kier molecular flexibility index (Phi) is 6.42. The number of nitrogens with zero attached hydrogens (tertiary/aromatic N) is 1. The Morgan fingerprint density at radius 2 is 2.20 bits per heavy atom. The second kappa shape index (κ2) is 7.59. The SMILES string of the molecule is CCC(C)C(C)=Cc1sc(=S)n(CCCC(=O)O)c1O. The van der Waals surface area contributed by atoms with E-state index in [-0.39, 0.29) is 12.3 Å². The van der Waals surface area contributed by atoms with Crippen molar-refractivity contribution in [3.05, 3.63) is 14.4 Å². The van der Waals surface area contributed by atoms with Gasteiger partial charge in [-0.05, 0) is 44.0 Å². The lowest BCUT2D eigenvalue weighted by molar-refractivity contribution is -0.137. The average Bonchev–Trinajstić information content (AvgIpc) is 2.64. The molecule has 4 nitrogen and oxygen atoms in total. The molecule has 0 spiro atoms. The van der Waals surface area contributed by atoms with Crippen molar-refractivity contribution in [2.75, 3.05) is 0 Å². The van der Waals surface area contributed by atoms with E-state index in [4.69, 9.17) is 17.3 Å². The molecule has 0 fully saturated rings. The number of carboxylic acids is 1. The highest BCUT2D eigenvalue weighted by atomic mass is 32.1. The normalized spacial score (nSPS) is 13.4. The van der Waals surface area contributed by atoms with E-state index in [1.54, 1.807) is 4.57 Å². The van der Waals surface area contributed by atoms with Crippen molar-refractivity contribution in [2.45, 2.75) is 46.6 Å². The van der Waals surface area contributed by atoms with Gasteiger partial charge < -0.3 is 10.2 Å². The molecule has 0 saturated carbocycles. The molecule has 20 heavy (non-hydrogen) atoms. The summed E-state index contributed by atoms with van der Waals surface area (Å²) in [5.41, 5.74) is 1.21. The number of carbonyl (C=O) groups is 1. The highest BCUT2D eigenvalue weighted by molar-refractivity contribution is 7.73. The maximum atomic E-state index is 10.5. The number of aromatic nitrogens is 1. The first-order valence-corrected chi connectivity index (χ1v) is 7.91. The highest BCUT2D eigenvalue weighted by Crippen LogP contribution is 2.30. The van der Waals surface area contributed by atoms with Gasteiger partial charge in [-0.1, -0.05) is 19.4 Å².